The first kappa shape index (κ1) is 14.4. The summed E-state index contributed by atoms with van der Waals surface area (Å²) in [6, 6.07) is 16.0. The normalized spacial score (nSPS) is 10.3. The molecule has 0 heterocycles. The molecule has 0 saturated heterocycles. The molecule has 3 heteroatoms. The van der Waals surface area contributed by atoms with Gasteiger partial charge in [0.15, 0.2) is 0 Å². The molecule has 0 unspecified atom stereocenters. The van der Waals surface area contributed by atoms with E-state index in [1.807, 2.05) is 48.3 Å². The van der Waals surface area contributed by atoms with Crippen molar-refractivity contribution in [3.63, 3.8) is 0 Å². The summed E-state index contributed by atoms with van der Waals surface area (Å²) in [6.07, 6.45) is 1.03. The highest BCUT2D eigenvalue weighted by Gasteiger charge is 2.01. The maximum atomic E-state index is 8.92. The summed E-state index contributed by atoms with van der Waals surface area (Å²) in [7, 11) is 1.95. The molecule has 106 valence electrons. The molecule has 0 aliphatic carbocycles. The first-order valence-electron chi connectivity index (χ1n) is 6.91. The SMILES string of the molecule is CCc1ccc(Oc2ccc(N(C)CCO)cc2)cc1. The van der Waals surface area contributed by atoms with Gasteiger partial charge in [-0.15, -0.1) is 0 Å². The molecule has 0 fully saturated rings. The number of rotatable bonds is 6. The highest BCUT2D eigenvalue weighted by atomic mass is 16.5. The minimum atomic E-state index is 0.151. The molecule has 2 aromatic carbocycles. The summed E-state index contributed by atoms with van der Waals surface area (Å²) in [4.78, 5) is 2.00. The molecular formula is C17H21NO2. The highest BCUT2D eigenvalue weighted by molar-refractivity contribution is 5.49. The van der Waals surface area contributed by atoms with Gasteiger partial charge in [-0.25, -0.2) is 0 Å². The van der Waals surface area contributed by atoms with Crippen LogP contribution in [-0.2, 0) is 6.42 Å². The number of aliphatic hydroxyl groups is 1. The van der Waals surface area contributed by atoms with Crippen LogP contribution in [0.1, 0.15) is 12.5 Å². The molecule has 1 N–H and O–H groups in total. The molecule has 2 rings (SSSR count). The zero-order valence-electron chi connectivity index (χ0n) is 12.0. The van der Waals surface area contributed by atoms with E-state index >= 15 is 0 Å². The van der Waals surface area contributed by atoms with Gasteiger partial charge in [-0.3, -0.25) is 0 Å². The zero-order valence-corrected chi connectivity index (χ0v) is 12.0. The Morgan fingerprint density at radius 2 is 1.50 bits per heavy atom. The number of anilines is 1. The van der Waals surface area contributed by atoms with Crippen molar-refractivity contribution < 1.29 is 9.84 Å². The van der Waals surface area contributed by atoms with E-state index in [1.54, 1.807) is 0 Å². The number of aryl methyl sites for hydroxylation is 1. The smallest absolute Gasteiger partial charge is 0.127 e. The lowest BCUT2D eigenvalue weighted by Crippen LogP contribution is -2.20. The van der Waals surface area contributed by atoms with Crippen LogP contribution >= 0.6 is 0 Å². The summed E-state index contributed by atoms with van der Waals surface area (Å²) in [6.45, 7) is 2.91. The van der Waals surface area contributed by atoms with E-state index in [1.165, 1.54) is 5.56 Å². The van der Waals surface area contributed by atoms with Gasteiger partial charge in [0.1, 0.15) is 11.5 Å². The van der Waals surface area contributed by atoms with Crippen molar-refractivity contribution in [2.45, 2.75) is 13.3 Å². The Bertz CT molecular complexity index is 520. The van der Waals surface area contributed by atoms with Crippen molar-refractivity contribution >= 4 is 5.69 Å². The van der Waals surface area contributed by atoms with Gasteiger partial charge in [0.05, 0.1) is 6.61 Å². The van der Waals surface area contributed by atoms with Crippen LogP contribution < -0.4 is 9.64 Å². The number of benzene rings is 2. The topological polar surface area (TPSA) is 32.7 Å². The van der Waals surface area contributed by atoms with Crippen LogP contribution in [0, 0.1) is 0 Å². The Kier molecular flexibility index (Phi) is 5.02. The predicted molar refractivity (Wildman–Crippen MR) is 82.7 cm³/mol. The average molecular weight is 271 g/mol. The van der Waals surface area contributed by atoms with Crippen LogP contribution in [0.2, 0.25) is 0 Å². The summed E-state index contributed by atoms with van der Waals surface area (Å²) in [5.41, 5.74) is 2.37. The summed E-state index contributed by atoms with van der Waals surface area (Å²) in [5, 5.41) is 8.92. The van der Waals surface area contributed by atoms with Gasteiger partial charge < -0.3 is 14.7 Å². The number of nitrogens with zero attached hydrogens (tertiary/aromatic N) is 1. The lowest BCUT2D eigenvalue weighted by molar-refractivity contribution is 0.304. The number of aliphatic hydroxyl groups excluding tert-OH is 1. The molecule has 0 atom stereocenters. The van der Waals surface area contributed by atoms with Gasteiger partial charge in [-0.2, -0.15) is 0 Å². The van der Waals surface area contributed by atoms with E-state index in [9.17, 15) is 0 Å². The second-order valence-corrected chi connectivity index (χ2v) is 4.74. The number of hydrogen-bond donors (Lipinski definition) is 1. The Morgan fingerprint density at radius 1 is 0.950 bits per heavy atom. The van der Waals surface area contributed by atoms with Crippen molar-refractivity contribution in [3.8, 4) is 11.5 Å². The second kappa shape index (κ2) is 6.96. The first-order chi connectivity index (χ1) is 9.72. The lowest BCUT2D eigenvalue weighted by Gasteiger charge is -2.18. The third-order valence-electron chi connectivity index (χ3n) is 3.28. The fourth-order valence-electron chi connectivity index (χ4n) is 1.98. The minimum Gasteiger partial charge on any atom is -0.457 e. The molecule has 0 spiro atoms. The third-order valence-corrected chi connectivity index (χ3v) is 3.28. The van der Waals surface area contributed by atoms with Gasteiger partial charge in [-0.05, 0) is 48.4 Å². The Labute approximate surface area is 120 Å². The highest BCUT2D eigenvalue weighted by Crippen LogP contribution is 2.24. The number of ether oxygens (including phenoxy) is 1. The maximum absolute atomic E-state index is 8.92. The zero-order chi connectivity index (χ0) is 14.4. The quantitative estimate of drug-likeness (QED) is 0.873. The minimum absolute atomic E-state index is 0.151. The van der Waals surface area contributed by atoms with Gasteiger partial charge in [0, 0.05) is 19.3 Å². The van der Waals surface area contributed by atoms with E-state index in [4.69, 9.17) is 9.84 Å². The Morgan fingerprint density at radius 3 is 2.00 bits per heavy atom. The molecule has 2 aromatic rings. The third kappa shape index (κ3) is 3.75. The Balaban J connectivity index is 2.02. The van der Waals surface area contributed by atoms with Crippen molar-refractivity contribution in [2.75, 3.05) is 25.1 Å². The summed E-state index contributed by atoms with van der Waals surface area (Å²) in [5.74, 6) is 1.66. The molecule has 0 aromatic heterocycles. The fraction of sp³-hybridized carbons (Fsp3) is 0.294. The van der Waals surface area contributed by atoms with Crippen LogP contribution in [-0.4, -0.2) is 25.3 Å². The van der Waals surface area contributed by atoms with Crippen molar-refractivity contribution in [1.29, 1.82) is 0 Å². The molecule has 0 bridgehead atoms. The second-order valence-electron chi connectivity index (χ2n) is 4.74. The molecule has 0 radical (unpaired) electrons. The summed E-state index contributed by atoms with van der Waals surface area (Å²) < 4.78 is 5.80. The lowest BCUT2D eigenvalue weighted by atomic mass is 10.2. The predicted octanol–water partition coefficient (Wildman–Crippen LogP) is 3.47. The monoisotopic (exact) mass is 271 g/mol. The van der Waals surface area contributed by atoms with Crippen LogP contribution in [0.4, 0.5) is 5.69 Å². The number of hydrogen-bond acceptors (Lipinski definition) is 3. The largest absolute Gasteiger partial charge is 0.457 e. The fourth-order valence-corrected chi connectivity index (χ4v) is 1.98. The maximum Gasteiger partial charge on any atom is 0.127 e. The van der Waals surface area contributed by atoms with E-state index in [2.05, 4.69) is 19.1 Å². The number of likely N-dealkylation sites (N-methyl/N-ethyl adjacent to an activating group) is 1. The van der Waals surface area contributed by atoms with Crippen molar-refractivity contribution in [2.24, 2.45) is 0 Å². The summed E-state index contributed by atoms with van der Waals surface area (Å²) >= 11 is 0. The Hall–Kier alpha value is -2.00. The van der Waals surface area contributed by atoms with E-state index < -0.39 is 0 Å². The van der Waals surface area contributed by atoms with Gasteiger partial charge >= 0.3 is 0 Å². The van der Waals surface area contributed by atoms with Gasteiger partial charge in [-0.1, -0.05) is 19.1 Å². The van der Waals surface area contributed by atoms with Crippen LogP contribution in [0.5, 0.6) is 11.5 Å². The van der Waals surface area contributed by atoms with E-state index in [0.717, 1.165) is 23.6 Å². The molecule has 3 nitrogen and oxygen atoms in total. The standard InChI is InChI=1S/C17H21NO2/c1-3-14-4-8-16(9-5-14)20-17-10-6-15(7-11-17)18(2)12-13-19/h4-11,19H,3,12-13H2,1-2H3. The molecule has 20 heavy (non-hydrogen) atoms. The van der Waals surface area contributed by atoms with E-state index in [0.29, 0.717) is 6.54 Å². The van der Waals surface area contributed by atoms with E-state index in [-0.39, 0.29) is 6.61 Å². The molecular weight excluding hydrogens is 250 g/mol. The van der Waals surface area contributed by atoms with Crippen molar-refractivity contribution in [3.05, 3.63) is 54.1 Å². The molecule has 0 aliphatic rings. The first-order valence-corrected chi connectivity index (χ1v) is 6.91. The van der Waals surface area contributed by atoms with Gasteiger partial charge in [0.25, 0.3) is 0 Å². The molecule has 0 saturated carbocycles. The van der Waals surface area contributed by atoms with Crippen LogP contribution in [0.15, 0.2) is 48.5 Å². The molecule has 0 aliphatic heterocycles. The molecule has 0 amide bonds. The van der Waals surface area contributed by atoms with Gasteiger partial charge in [0.2, 0.25) is 0 Å². The van der Waals surface area contributed by atoms with Crippen LogP contribution in [0.3, 0.4) is 0 Å². The van der Waals surface area contributed by atoms with Crippen LogP contribution in [0.25, 0.3) is 0 Å². The average Bonchev–Trinajstić information content (AvgIpc) is 2.49. The van der Waals surface area contributed by atoms with Crippen molar-refractivity contribution in [1.82, 2.24) is 0 Å².